The van der Waals surface area contributed by atoms with E-state index in [0.717, 1.165) is 0 Å². The van der Waals surface area contributed by atoms with Crippen LogP contribution in [0, 0.1) is 0 Å². The van der Waals surface area contributed by atoms with E-state index in [0.29, 0.717) is 0 Å². The maximum absolute atomic E-state index is 10.2. The summed E-state index contributed by atoms with van der Waals surface area (Å²) in [5, 5.41) is 10.2. The summed E-state index contributed by atoms with van der Waals surface area (Å²) in [7, 11) is 3.39. The quantitative estimate of drug-likeness (QED) is 0.270. The molecule has 70 valence electrons. The highest BCUT2D eigenvalue weighted by Gasteiger charge is 2.13. The number of carboxylic acids is 1. The molecule has 0 radical (unpaired) electrons. The van der Waals surface area contributed by atoms with Crippen LogP contribution in [-0.4, -0.2) is 43.7 Å². The fourth-order valence-electron chi connectivity index (χ4n) is 0.673. The molecule has 0 saturated carbocycles. The fourth-order valence-corrected chi connectivity index (χ4v) is 0.673. The van der Waals surface area contributed by atoms with Gasteiger partial charge in [0.2, 0.25) is 0 Å². The minimum absolute atomic E-state index is 0.0421. The van der Waals surface area contributed by atoms with E-state index in [1.807, 2.05) is 0 Å². The maximum atomic E-state index is 10.2. The second-order valence-electron chi connectivity index (χ2n) is 3.19. The predicted octanol–water partition coefficient (Wildman–Crippen LogP) is -2.96. The first-order chi connectivity index (χ1) is 5.33. The molecule has 0 aliphatic rings. The molecule has 0 amide bonds. The van der Waals surface area contributed by atoms with Crippen molar-refractivity contribution in [3.63, 3.8) is 0 Å². The molecule has 0 fully saturated rings. The molecule has 0 unspecified atom stereocenters. The molecule has 0 spiro atoms. The molecule has 0 saturated heterocycles. The van der Waals surface area contributed by atoms with Crippen LogP contribution in [0.2, 0.25) is 0 Å². The third-order valence-corrected chi connectivity index (χ3v) is 1.19. The maximum Gasteiger partial charge on any atom is 0.190 e. The second kappa shape index (κ2) is 3.91. The summed E-state index contributed by atoms with van der Waals surface area (Å²) in [6, 6.07) is 0. The van der Waals surface area contributed by atoms with Crippen LogP contribution >= 0.6 is 0 Å². The van der Waals surface area contributed by atoms with Gasteiger partial charge in [0.15, 0.2) is 12.6 Å². The first-order valence-corrected chi connectivity index (χ1v) is 3.41. The van der Waals surface area contributed by atoms with E-state index in [-0.39, 0.29) is 23.7 Å². The van der Waals surface area contributed by atoms with Gasteiger partial charge in [-0.15, -0.1) is 0 Å². The number of likely N-dealkylation sites (N-methyl/N-ethyl adjacent to an activating group) is 1. The van der Waals surface area contributed by atoms with Crippen LogP contribution < -0.4 is 16.6 Å². The molecule has 0 heterocycles. The van der Waals surface area contributed by atoms with E-state index in [1.165, 1.54) is 0 Å². The highest BCUT2D eigenvalue weighted by molar-refractivity contribution is 5.75. The average molecular weight is 174 g/mol. The normalized spacial score (nSPS) is 10.8. The van der Waals surface area contributed by atoms with Crippen molar-refractivity contribution in [2.45, 2.75) is 0 Å². The molecule has 0 aromatic heterocycles. The van der Waals surface area contributed by atoms with E-state index >= 15 is 0 Å². The molecule has 0 atom stereocenters. The first kappa shape index (κ1) is 10.7. The fraction of sp³-hybridized carbons (Fsp3) is 0.667. The molecule has 0 aromatic rings. The topological polar surface area (TPSA) is 105 Å². The van der Waals surface area contributed by atoms with Crippen molar-refractivity contribution in [3.8, 4) is 0 Å². The number of nitrogens with zero attached hydrogens (tertiary/aromatic N) is 2. The van der Waals surface area contributed by atoms with Gasteiger partial charge < -0.3 is 25.9 Å². The summed E-state index contributed by atoms with van der Waals surface area (Å²) in [5.74, 6) is -1.16. The number of quaternary nitrogens is 1. The Kier molecular flexibility index (Phi) is 3.49. The van der Waals surface area contributed by atoms with Crippen molar-refractivity contribution in [1.29, 1.82) is 0 Å². The van der Waals surface area contributed by atoms with Crippen LogP contribution in [0.3, 0.4) is 0 Å². The molecule has 0 aliphatic carbocycles. The zero-order valence-electron chi connectivity index (χ0n) is 7.28. The van der Waals surface area contributed by atoms with Gasteiger partial charge in [-0.2, -0.15) is 4.99 Å². The second-order valence-corrected chi connectivity index (χ2v) is 3.19. The molecular weight excluding hydrogens is 160 g/mol. The van der Waals surface area contributed by atoms with Crippen LogP contribution in [-0.2, 0) is 4.79 Å². The zero-order valence-corrected chi connectivity index (χ0v) is 7.28. The van der Waals surface area contributed by atoms with Gasteiger partial charge in [-0.25, -0.2) is 0 Å². The van der Waals surface area contributed by atoms with Crippen LogP contribution in [0.5, 0.6) is 0 Å². The van der Waals surface area contributed by atoms with E-state index in [9.17, 15) is 9.90 Å². The average Bonchev–Trinajstić information content (AvgIpc) is 1.81. The molecule has 12 heavy (non-hydrogen) atoms. The van der Waals surface area contributed by atoms with E-state index in [2.05, 4.69) is 4.99 Å². The summed E-state index contributed by atoms with van der Waals surface area (Å²) in [4.78, 5) is 13.9. The number of rotatable bonds is 4. The zero-order chi connectivity index (χ0) is 9.78. The van der Waals surface area contributed by atoms with Crippen molar-refractivity contribution in [2.24, 2.45) is 16.5 Å². The molecular formula is C6H14N4O2. The van der Waals surface area contributed by atoms with Gasteiger partial charge in [0.1, 0.15) is 6.54 Å². The van der Waals surface area contributed by atoms with Crippen molar-refractivity contribution >= 4 is 11.9 Å². The molecule has 0 aromatic carbocycles. The largest absolute Gasteiger partial charge is 0.544 e. The molecule has 6 nitrogen and oxygen atoms in total. The highest BCUT2D eigenvalue weighted by atomic mass is 16.4. The van der Waals surface area contributed by atoms with Crippen LogP contribution in [0.1, 0.15) is 0 Å². The molecule has 0 rings (SSSR count). The number of aliphatic carboxylic acids is 1. The van der Waals surface area contributed by atoms with Gasteiger partial charge in [-0.3, -0.25) is 0 Å². The van der Waals surface area contributed by atoms with Crippen molar-refractivity contribution in [2.75, 3.05) is 27.3 Å². The monoisotopic (exact) mass is 174 g/mol. The smallest absolute Gasteiger partial charge is 0.190 e. The first-order valence-electron chi connectivity index (χ1n) is 3.41. The Labute approximate surface area is 71.1 Å². The number of guanidine groups is 1. The number of carbonyl (C=O) groups excluding carboxylic acids is 1. The standard InChI is InChI=1S/C6H14N4O2/c1-10(2,3-5(11)12)4-9-6(7)8/h3-4H2,1-2H3,(H4-,7,8,9,11,12). The van der Waals surface area contributed by atoms with Crippen LogP contribution in [0.15, 0.2) is 4.99 Å². The number of hydrogen-bond acceptors (Lipinski definition) is 3. The lowest BCUT2D eigenvalue weighted by Gasteiger charge is -2.27. The minimum Gasteiger partial charge on any atom is -0.544 e. The minimum atomic E-state index is -1.12. The van der Waals surface area contributed by atoms with Gasteiger partial charge in [-0.05, 0) is 0 Å². The summed E-state index contributed by atoms with van der Waals surface area (Å²) >= 11 is 0. The Morgan fingerprint density at radius 3 is 2.33 bits per heavy atom. The Balaban J connectivity index is 4.04. The number of carbonyl (C=O) groups is 1. The Hall–Kier alpha value is -1.30. The van der Waals surface area contributed by atoms with Gasteiger partial charge in [0.05, 0.1) is 20.1 Å². The van der Waals surface area contributed by atoms with Gasteiger partial charge in [0.25, 0.3) is 0 Å². The number of nitrogens with two attached hydrogens (primary N) is 2. The molecule has 4 N–H and O–H groups in total. The summed E-state index contributed by atoms with van der Waals surface area (Å²) < 4.78 is 0.167. The van der Waals surface area contributed by atoms with Crippen LogP contribution in [0.25, 0.3) is 0 Å². The third kappa shape index (κ3) is 5.48. The lowest BCUT2D eigenvalue weighted by Crippen LogP contribution is -2.48. The highest BCUT2D eigenvalue weighted by Crippen LogP contribution is 1.94. The summed E-state index contributed by atoms with van der Waals surface area (Å²) in [5.41, 5.74) is 10.2. The molecule has 0 bridgehead atoms. The van der Waals surface area contributed by atoms with Gasteiger partial charge in [0, 0.05) is 0 Å². The third-order valence-electron chi connectivity index (χ3n) is 1.19. The van der Waals surface area contributed by atoms with Crippen molar-refractivity contribution < 1.29 is 14.4 Å². The van der Waals surface area contributed by atoms with Gasteiger partial charge >= 0.3 is 0 Å². The Bertz CT molecular complexity index is 196. The van der Waals surface area contributed by atoms with Crippen molar-refractivity contribution in [3.05, 3.63) is 0 Å². The van der Waals surface area contributed by atoms with E-state index < -0.39 is 5.97 Å². The van der Waals surface area contributed by atoms with Gasteiger partial charge in [-0.1, -0.05) is 0 Å². The van der Waals surface area contributed by atoms with Crippen LogP contribution in [0.4, 0.5) is 0 Å². The Morgan fingerprint density at radius 1 is 1.50 bits per heavy atom. The number of carboxylic acid groups (broad SMARTS) is 1. The number of hydrogen-bond donors (Lipinski definition) is 2. The molecule has 6 heteroatoms. The number of aliphatic imine (C=N–C) groups is 1. The summed E-state index contributed by atoms with van der Waals surface area (Å²) in [6.07, 6.45) is 0. The lowest BCUT2D eigenvalue weighted by atomic mass is 10.5. The van der Waals surface area contributed by atoms with Crippen molar-refractivity contribution in [1.82, 2.24) is 0 Å². The van der Waals surface area contributed by atoms with E-state index in [1.54, 1.807) is 14.1 Å². The SMILES string of the molecule is C[N+](C)(CN=C(N)N)CC(=O)[O-]. The van der Waals surface area contributed by atoms with E-state index in [4.69, 9.17) is 11.5 Å². The Morgan fingerprint density at radius 2 is 2.00 bits per heavy atom. The molecule has 0 aliphatic heterocycles. The lowest BCUT2D eigenvalue weighted by molar-refractivity contribution is -0.883. The summed E-state index contributed by atoms with van der Waals surface area (Å²) in [6.45, 7) is 0.118. The predicted molar refractivity (Wildman–Crippen MR) is 42.7 cm³/mol.